The first-order valence-corrected chi connectivity index (χ1v) is 20.2. The molecule has 0 saturated heterocycles. The van der Waals surface area contributed by atoms with Crippen molar-refractivity contribution in [3.63, 3.8) is 0 Å². The lowest BCUT2D eigenvalue weighted by atomic mass is 9.47. The highest BCUT2D eigenvalue weighted by Crippen LogP contribution is 2.67. The van der Waals surface area contributed by atoms with Crippen LogP contribution in [-0.4, -0.2) is 41.3 Å². The van der Waals surface area contributed by atoms with E-state index in [1.54, 1.807) is 5.57 Å². The van der Waals surface area contributed by atoms with E-state index in [0.29, 0.717) is 18.5 Å². The molecule has 0 aliphatic heterocycles. The average Bonchev–Trinajstić information content (AvgIpc) is 3.33. The zero-order chi connectivity index (χ0) is 35.2. The summed E-state index contributed by atoms with van der Waals surface area (Å²) in [6.45, 7) is 25.9. The Morgan fingerprint density at radius 3 is 2.26 bits per heavy atom. The molecule has 0 heterocycles. The summed E-state index contributed by atoms with van der Waals surface area (Å²) in [5.74, 6) is 5.15. The minimum absolute atomic E-state index is 0.0183. The van der Waals surface area contributed by atoms with Crippen LogP contribution in [0.15, 0.2) is 11.6 Å². The van der Waals surface area contributed by atoms with Crippen molar-refractivity contribution in [3.8, 4) is 0 Å². The third kappa shape index (κ3) is 10.2. The molecule has 4 aliphatic rings. The molecule has 0 aromatic heterocycles. The van der Waals surface area contributed by atoms with E-state index < -0.39 is 0 Å². The van der Waals surface area contributed by atoms with Crippen LogP contribution in [0.1, 0.15) is 172 Å². The summed E-state index contributed by atoms with van der Waals surface area (Å²) in [7, 11) is 0. The predicted octanol–water partition coefficient (Wildman–Crippen LogP) is 10.9. The van der Waals surface area contributed by atoms with Gasteiger partial charge in [-0.1, -0.05) is 79.4 Å². The molecular formula is C42H79N3O2. The van der Waals surface area contributed by atoms with Crippen LogP contribution in [0.3, 0.4) is 0 Å². The van der Waals surface area contributed by atoms with Crippen molar-refractivity contribution >= 4 is 6.09 Å². The summed E-state index contributed by atoms with van der Waals surface area (Å²) in [6.07, 6.45) is 20.5. The van der Waals surface area contributed by atoms with Gasteiger partial charge in [0, 0.05) is 30.6 Å². The summed E-state index contributed by atoms with van der Waals surface area (Å²) in [4.78, 5) is 15.4. The van der Waals surface area contributed by atoms with Gasteiger partial charge in [0.05, 0.1) is 0 Å². The minimum Gasteiger partial charge on any atom is -0.446 e. The molecule has 3 saturated carbocycles. The van der Waals surface area contributed by atoms with Crippen molar-refractivity contribution in [1.29, 1.82) is 0 Å². The van der Waals surface area contributed by atoms with Gasteiger partial charge in [0.25, 0.3) is 0 Å². The normalized spacial score (nSPS) is 32.7. The Kier molecular flexibility index (Phi) is 14.4. The van der Waals surface area contributed by atoms with Crippen molar-refractivity contribution in [2.45, 2.75) is 190 Å². The van der Waals surface area contributed by atoms with Crippen LogP contribution in [-0.2, 0) is 4.74 Å². The van der Waals surface area contributed by atoms with Crippen molar-refractivity contribution < 1.29 is 9.53 Å². The summed E-state index contributed by atoms with van der Waals surface area (Å²) in [6, 6.07) is 0. The maximum atomic E-state index is 13.5. The SMILES string of the molecule is CC.CCC(CCCC1CCC2C3CC=C4CC(OC(=O)N(CCCC(C)(C)N)CCC(C)(C)N)CCC4(C)C3CCC12C)C(C)C. The molecular weight excluding hydrogens is 578 g/mol. The Hall–Kier alpha value is -1.07. The van der Waals surface area contributed by atoms with Gasteiger partial charge < -0.3 is 21.1 Å². The van der Waals surface area contributed by atoms with E-state index >= 15 is 0 Å². The number of nitrogens with zero attached hydrogens (tertiary/aromatic N) is 1. The number of hydrogen-bond acceptors (Lipinski definition) is 4. The number of carbonyl (C=O) groups excluding carboxylic acids is 1. The van der Waals surface area contributed by atoms with Crippen molar-refractivity contribution in [3.05, 3.63) is 11.6 Å². The van der Waals surface area contributed by atoms with Crippen LogP contribution in [0.5, 0.6) is 0 Å². The molecule has 5 heteroatoms. The molecule has 4 aliphatic carbocycles. The Balaban J connectivity index is 0.00000294. The standard InChI is InChI=1S/C40H73N3O2.C2H6/c1-10-29(28(2)3)13-11-14-30-16-18-34-33-17-15-31-27-32(19-22-40(31,9)35(33)20-23-39(30,34)8)45-36(44)43(26-24-38(6,7)42)25-12-21-37(4,5)41;1-2/h15,28-30,32-35H,10-14,16-27,41-42H2,1-9H3;1-2H3. The molecule has 0 radical (unpaired) electrons. The van der Waals surface area contributed by atoms with Crippen molar-refractivity contribution in [2.75, 3.05) is 13.1 Å². The highest BCUT2D eigenvalue weighted by Gasteiger charge is 2.58. The van der Waals surface area contributed by atoms with Gasteiger partial charge in [-0.2, -0.15) is 0 Å². The molecule has 0 bridgehead atoms. The summed E-state index contributed by atoms with van der Waals surface area (Å²) < 4.78 is 6.28. The second-order valence-corrected chi connectivity index (χ2v) is 18.5. The minimum atomic E-state index is -0.316. The first-order chi connectivity index (χ1) is 22.0. The molecule has 4 rings (SSSR count). The molecule has 1 amide bonds. The fraction of sp³-hybridized carbons (Fsp3) is 0.929. The number of ether oxygens (including phenoxy) is 1. The highest BCUT2D eigenvalue weighted by atomic mass is 16.6. The number of amides is 1. The largest absolute Gasteiger partial charge is 0.446 e. The second-order valence-electron chi connectivity index (χ2n) is 18.5. The first-order valence-electron chi connectivity index (χ1n) is 20.2. The smallest absolute Gasteiger partial charge is 0.410 e. The zero-order valence-corrected chi connectivity index (χ0v) is 33.1. The third-order valence-corrected chi connectivity index (χ3v) is 13.7. The van der Waals surface area contributed by atoms with Gasteiger partial charge in [-0.05, 0) is 145 Å². The average molecular weight is 658 g/mol. The Labute approximate surface area is 292 Å². The fourth-order valence-electron chi connectivity index (χ4n) is 10.6. The topological polar surface area (TPSA) is 81.6 Å². The summed E-state index contributed by atoms with van der Waals surface area (Å²) in [5.41, 5.74) is 14.4. The van der Waals surface area contributed by atoms with Gasteiger partial charge in [-0.3, -0.25) is 0 Å². The van der Waals surface area contributed by atoms with E-state index in [9.17, 15) is 4.79 Å². The molecule has 5 nitrogen and oxygen atoms in total. The molecule has 3 fully saturated rings. The van der Waals surface area contributed by atoms with Crippen LogP contribution in [0, 0.1) is 46.3 Å². The number of nitrogens with two attached hydrogens (primary N) is 2. The lowest BCUT2D eigenvalue weighted by Crippen LogP contribution is -2.50. The molecule has 0 aromatic carbocycles. The fourth-order valence-corrected chi connectivity index (χ4v) is 10.6. The number of hydrogen-bond donors (Lipinski definition) is 2. The zero-order valence-electron chi connectivity index (χ0n) is 33.1. The van der Waals surface area contributed by atoms with Gasteiger partial charge in [0.1, 0.15) is 6.10 Å². The van der Waals surface area contributed by atoms with Gasteiger partial charge in [0.15, 0.2) is 0 Å². The lowest BCUT2D eigenvalue weighted by molar-refractivity contribution is -0.0535. The summed E-state index contributed by atoms with van der Waals surface area (Å²) >= 11 is 0. The number of allylic oxidation sites excluding steroid dienone is 1. The maximum absolute atomic E-state index is 13.5. The molecule has 8 unspecified atom stereocenters. The molecule has 47 heavy (non-hydrogen) atoms. The molecule has 8 atom stereocenters. The van der Waals surface area contributed by atoms with E-state index in [2.05, 4.69) is 40.7 Å². The van der Waals surface area contributed by atoms with Crippen molar-refractivity contribution in [2.24, 2.45) is 57.8 Å². The Bertz CT molecular complexity index is 1010. The van der Waals surface area contributed by atoms with Crippen LogP contribution in [0.2, 0.25) is 0 Å². The number of fused-ring (bicyclic) bond motifs is 5. The first kappa shape index (κ1) is 40.4. The van der Waals surface area contributed by atoms with E-state index in [1.807, 2.05) is 46.4 Å². The van der Waals surface area contributed by atoms with E-state index in [4.69, 9.17) is 16.2 Å². The van der Waals surface area contributed by atoms with Gasteiger partial charge in [0.2, 0.25) is 0 Å². The van der Waals surface area contributed by atoms with Crippen LogP contribution < -0.4 is 11.5 Å². The van der Waals surface area contributed by atoms with Gasteiger partial charge in [-0.15, -0.1) is 0 Å². The quantitative estimate of drug-likeness (QED) is 0.182. The van der Waals surface area contributed by atoms with Gasteiger partial charge >= 0.3 is 6.09 Å². The number of carbonyl (C=O) groups is 1. The van der Waals surface area contributed by atoms with Crippen molar-refractivity contribution in [1.82, 2.24) is 4.90 Å². The van der Waals surface area contributed by atoms with E-state index in [1.165, 1.54) is 57.8 Å². The lowest BCUT2D eigenvalue weighted by Gasteiger charge is -2.58. The number of rotatable bonds is 14. The van der Waals surface area contributed by atoms with E-state index in [0.717, 1.165) is 74.0 Å². The molecule has 0 spiro atoms. The Morgan fingerprint density at radius 2 is 1.64 bits per heavy atom. The monoisotopic (exact) mass is 658 g/mol. The predicted molar refractivity (Wildman–Crippen MR) is 201 cm³/mol. The molecule has 0 aromatic rings. The van der Waals surface area contributed by atoms with Crippen LogP contribution >= 0.6 is 0 Å². The van der Waals surface area contributed by atoms with Crippen LogP contribution in [0.4, 0.5) is 4.79 Å². The van der Waals surface area contributed by atoms with Crippen LogP contribution in [0.25, 0.3) is 0 Å². The Morgan fingerprint density at radius 1 is 0.957 bits per heavy atom. The summed E-state index contributed by atoms with van der Waals surface area (Å²) in [5, 5.41) is 0. The molecule has 274 valence electrons. The highest BCUT2D eigenvalue weighted by molar-refractivity contribution is 5.68. The molecule has 4 N–H and O–H groups in total. The van der Waals surface area contributed by atoms with Gasteiger partial charge in [-0.25, -0.2) is 4.79 Å². The second kappa shape index (κ2) is 16.8. The third-order valence-electron chi connectivity index (χ3n) is 13.7. The van der Waals surface area contributed by atoms with E-state index in [-0.39, 0.29) is 28.7 Å². The maximum Gasteiger partial charge on any atom is 0.410 e.